The van der Waals surface area contributed by atoms with Gasteiger partial charge < -0.3 is 0 Å². The first-order valence-electron chi connectivity index (χ1n) is 11.1. The van der Waals surface area contributed by atoms with Crippen molar-refractivity contribution in [3.05, 3.63) is 131 Å². The number of para-hydroxylation sites is 2. The van der Waals surface area contributed by atoms with Gasteiger partial charge in [0.15, 0.2) is 0 Å². The van der Waals surface area contributed by atoms with Crippen molar-refractivity contribution in [1.29, 1.82) is 0 Å². The van der Waals surface area contributed by atoms with Crippen molar-refractivity contribution in [3.63, 3.8) is 0 Å². The van der Waals surface area contributed by atoms with E-state index in [2.05, 4.69) is 84.9 Å². The number of nitrogens with zero attached hydrogens (tertiary/aromatic N) is 2. The SMILES string of the molecule is C(=Nc1ccccc1-c1ccccc1)c1ccc(C=Nc2ccccc2-c2ccccc2)s1.[Cl][Fe][Cl]. The van der Waals surface area contributed by atoms with E-state index in [9.17, 15) is 0 Å². The molecule has 0 bridgehead atoms. The summed E-state index contributed by atoms with van der Waals surface area (Å²) in [5.74, 6) is 0. The van der Waals surface area contributed by atoms with Gasteiger partial charge in [0, 0.05) is 33.3 Å². The van der Waals surface area contributed by atoms with Gasteiger partial charge in [0.1, 0.15) is 0 Å². The summed E-state index contributed by atoms with van der Waals surface area (Å²) in [6, 6.07) is 41.4. The molecule has 0 saturated carbocycles. The van der Waals surface area contributed by atoms with Crippen LogP contribution in [0.3, 0.4) is 0 Å². The topological polar surface area (TPSA) is 24.7 Å². The van der Waals surface area contributed by atoms with Gasteiger partial charge in [0.2, 0.25) is 0 Å². The van der Waals surface area contributed by atoms with Gasteiger partial charge >= 0.3 is 33.3 Å². The van der Waals surface area contributed by atoms with Crippen LogP contribution in [0.25, 0.3) is 22.3 Å². The minimum absolute atomic E-state index is 0.194. The molecule has 2 nitrogen and oxygen atoms in total. The predicted molar refractivity (Wildman–Crippen MR) is 154 cm³/mol. The molecule has 5 aromatic rings. The Morgan fingerprint density at radius 3 is 1.28 bits per heavy atom. The third-order valence-electron chi connectivity index (χ3n) is 5.29. The molecule has 6 heteroatoms. The van der Waals surface area contributed by atoms with Crippen molar-refractivity contribution in [2.45, 2.75) is 0 Å². The first-order valence-corrected chi connectivity index (χ1v) is 15.0. The van der Waals surface area contributed by atoms with E-state index < -0.39 is 0 Å². The molecular weight excluding hydrogens is 547 g/mol. The molecule has 1 heterocycles. The van der Waals surface area contributed by atoms with Gasteiger partial charge in [0.25, 0.3) is 0 Å². The molecule has 0 fully saturated rings. The van der Waals surface area contributed by atoms with Gasteiger partial charge in [-0.15, -0.1) is 11.3 Å². The number of rotatable bonds is 6. The van der Waals surface area contributed by atoms with E-state index >= 15 is 0 Å². The Morgan fingerprint density at radius 1 is 0.500 bits per heavy atom. The van der Waals surface area contributed by atoms with Crippen molar-refractivity contribution in [3.8, 4) is 22.3 Å². The standard InChI is InChI=1S/C30H22N2S.2ClH.Fe/c1-3-11-23(12-4-1)27-15-7-9-17-29(27)31-21-25-19-20-26(33-25)22-32-30-18-10-8-16-28(30)24-13-5-2-6-14-24;;;/h1-22H;2*1H;/q;;;+2/p-2. The summed E-state index contributed by atoms with van der Waals surface area (Å²) in [5, 5.41) is 0. The minimum atomic E-state index is 0.194. The molecule has 0 saturated heterocycles. The van der Waals surface area contributed by atoms with Gasteiger partial charge in [0.05, 0.1) is 11.4 Å². The van der Waals surface area contributed by atoms with Gasteiger partial charge in [-0.3, -0.25) is 9.98 Å². The summed E-state index contributed by atoms with van der Waals surface area (Å²) in [7, 11) is 9.53. The number of thiophene rings is 1. The summed E-state index contributed by atoms with van der Waals surface area (Å²) < 4.78 is 0. The second-order valence-electron chi connectivity index (χ2n) is 7.57. The molecule has 0 radical (unpaired) electrons. The number of halogens is 2. The Bertz CT molecular complexity index is 1330. The molecule has 0 aliphatic rings. The summed E-state index contributed by atoms with van der Waals surface area (Å²) in [6.45, 7) is 0. The normalized spacial score (nSPS) is 11.1. The Morgan fingerprint density at radius 2 is 0.861 bits per heavy atom. The molecule has 0 amide bonds. The molecule has 1 aromatic heterocycles. The number of hydrogen-bond donors (Lipinski definition) is 0. The van der Waals surface area contributed by atoms with Crippen LogP contribution in [0, 0.1) is 0 Å². The average molecular weight is 569 g/mol. The molecule has 0 spiro atoms. The fraction of sp³-hybridized carbons (Fsp3) is 0. The van der Waals surface area contributed by atoms with Crippen LogP contribution in [0.5, 0.6) is 0 Å². The molecule has 0 N–H and O–H groups in total. The van der Waals surface area contributed by atoms with E-state index in [4.69, 9.17) is 30.2 Å². The first kappa shape index (κ1) is 26.1. The van der Waals surface area contributed by atoms with E-state index in [0.717, 1.165) is 32.3 Å². The maximum absolute atomic E-state index is 4.78. The molecule has 4 aromatic carbocycles. The van der Waals surface area contributed by atoms with Crippen molar-refractivity contribution in [1.82, 2.24) is 0 Å². The fourth-order valence-corrected chi connectivity index (χ4v) is 4.42. The zero-order chi connectivity index (χ0) is 25.0. The zero-order valence-corrected chi connectivity index (χ0v) is 22.5. The molecule has 180 valence electrons. The molecule has 0 aliphatic heterocycles. The van der Waals surface area contributed by atoms with Gasteiger partial charge in [-0.05, 0) is 35.4 Å². The number of hydrogen-bond acceptors (Lipinski definition) is 3. The molecule has 36 heavy (non-hydrogen) atoms. The summed E-state index contributed by atoms with van der Waals surface area (Å²) >= 11 is 1.87. The maximum atomic E-state index is 4.78. The van der Waals surface area contributed by atoms with E-state index in [1.54, 1.807) is 11.3 Å². The first-order chi connectivity index (χ1) is 17.8. The van der Waals surface area contributed by atoms with Crippen LogP contribution in [0.2, 0.25) is 0 Å². The summed E-state index contributed by atoms with van der Waals surface area (Å²) in [6.07, 6.45) is 3.86. The van der Waals surface area contributed by atoms with Crippen LogP contribution in [0.4, 0.5) is 11.4 Å². The van der Waals surface area contributed by atoms with Crippen LogP contribution in [0.15, 0.2) is 131 Å². The number of aliphatic imine (C=N–C) groups is 2. The van der Waals surface area contributed by atoms with E-state index in [1.807, 2.05) is 48.8 Å². The molecule has 0 aliphatic carbocycles. The second kappa shape index (κ2) is 13.9. The third kappa shape index (κ3) is 7.27. The Balaban J connectivity index is 0.000000967. The van der Waals surface area contributed by atoms with Crippen LogP contribution in [-0.2, 0) is 13.1 Å². The Kier molecular flexibility index (Phi) is 10.1. The van der Waals surface area contributed by atoms with Crippen LogP contribution >= 0.6 is 31.5 Å². The van der Waals surface area contributed by atoms with Gasteiger partial charge in [-0.1, -0.05) is 97.1 Å². The van der Waals surface area contributed by atoms with Crippen molar-refractivity contribution >= 4 is 55.3 Å². The van der Waals surface area contributed by atoms with Gasteiger partial charge in [-0.2, -0.15) is 0 Å². The van der Waals surface area contributed by atoms with Crippen molar-refractivity contribution in [2.75, 3.05) is 0 Å². The van der Waals surface area contributed by atoms with Crippen molar-refractivity contribution in [2.24, 2.45) is 9.98 Å². The van der Waals surface area contributed by atoms with E-state index in [1.165, 1.54) is 11.1 Å². The van der Waals surface area contributed by atoms with E-state index in [0.29, 0.717) is 0 Å². The zero-order valence-electron chi connectivity index (χ0n) is 19.1. The second-order valence-corrected chi connectivity index (χ2v) is 10.5. The van der Waals surface area contributed by atoms with E-state index in [-0.39, 0.29) is 13.1 Å². The van der Waals surface area contributed by atoms with Crippen LogP contribution in [-0.4, -0.2) is 12.4 Å². The summed E-state index contributed by atoms with van der Waals surface area (Å²) in [5.41, 5.74) is 6.52. The molecule has 5 rings (SSSR count). The number of benzene rings is 4. The van der Waals surface area contributed by atoms with Crippen LogP contribution in [0.1, 0.15) is 9.75 Å². The van der Waals surface area contributed by atoms with Crippen LogP contribution < -0.4 is 0 Å². The monoisotopic (exact) mass is 568 g/mol. The van der Waals surface area contributed by atoms with Gasteiger partial charge in [-0.25, -0.2) is 0 Å². The molecule has 0 unspecified atom stereocenters. The quantitative estimate of drug-likeness (QED) is 0.144. The Labute approximate surface area is 230 Å². The molecular formula is C30H22Cl2FeN2S. The predicted octanol–water partition coefficient (Wildman–Crippen LogP) is 9.96. The Hall–Kier alpha value is -2.98. The third-order valence-corrected chi connectivity index (χ3v) is 6.24. The summed E-state index contributed by atoms with van der Waals surface area (Å²) in [4.78, 5) is 11.7. The fourth-order valence-electron chi connectivity index (χ4n) is 3.67. The average Bonchev–Trinajstić information content (AvgIpc) is 3.40. The van der Waals surface area contributed by atoms with Crippen molar-refractivity contribution < 1.29 is 13.1 Å². The molecule has 0 atom stereocenters.